The number of unbranched alkanes of at least 4 members (excludes halogenated alkanes) is 26. The minimum atomic E-state index is -5.00. The highest BCUT2D eigenvalue weighted by molar-refractivity contribution is 7.47. The van der Waals surface area contributed by atoms with E-state index in [-0.39, 0.29) is 25.7 Å². The van der Waals surface area contributed by atoms with Crippen molar-refractivity contribution in [2.75, 3.05) is 39.6 Å². The largest absolute Gasteiger partial charge is 0.472 e. The van der Waals surface area contributed by atoms with Crippen LogP contribution in [0.1, 0.15) is 310 Å². The van der Waals surface area contributed by atoms with Gasteiger partial charge in [-0.2, -0.15) is 0 Å². The Morgan fingerprint density at radius 3 is 0.902 bits per heavy atom. The molecule has 5 unspecified atom stereocenters. The zero-order chi connectivity index (χ0) is 74.6. The Bertz CT molecular complexity index is 2460. The minimum absolute atomic E-state index is 0.0566. The Morgan fingerprint density at radius 1 is 0.294 bits per heavy atom. The third-order valence-electron chi connectivity index (χ3n) is 16.1. The molecule has 17 nitrogen and oxygen atoms in total. The van der Waals surface area contributed by atoms with E-state index < -0.39 is 97.5 Å². The van der Waals surface area contributed by atoms with E-state index in [1.807, 2.05) is 18.2 Å². The van der Waals surface area contributed by atoms with Gasteiger partial charge in [-0.15, -0.1) is 0 Å². The summed E-state index contributed by atoms with van der Waals surface area (Å²) in [4.78, 5) is 72.9. The molecule has 0 saturated carbocycles. The molecule has 0 fully saturated rings. The van der Waals surface area contributed by atoms with Crippen LogP contribution in [0.4, 0.5) is 0 Å². The van der Waals surface area contributed by atoms with E-state index >= 15 is 0 Å². The maximum absolute atomic E-state index is 13.1. The lowest BCUT2D eigenvalue weighted by Crippen LogP contribution is -2.30. The highest BCUT2D eigenvalue weighted by atomic mass is 31.2. The van der Waals surface area contributed by atoms with Crippen molar-refractivity contribution >= 4 is 39.5 Å². The van der Waals surface area contributed by atoms with Crippen molar-refractivity contribution in [3.63, 3.8) is 0 Å². The molecule has 0 aromatic carbocycles. The number of phosphoric acid groups is 2. The SMILES string of the molecule is CC/C=C\C/C=C\C/C=C\C/C=C\C/C=C\CC(=O)OCC(COP(=O)(O)OCC(O)COP(=O)(O)OCC(COC(=O)CCCCCCCCC/C=C\C/C=C\C/C=C\CC)OC(=O)CCCCCCC/C=C\CCCCCCCC)OC(=O)CCCCCCC/C=C\C/C=C\CCCCC. The van der Waals surface area contributed by atoms with Crippen LogP contribution in [0.15, 0.2) is 134 Å². The lowest BCUT2D eigenvalue weighted by molar-refractivity contribution is -0.161. The monoisotopic (exact) mass is 1470 g/mol. The summed E-state index contributed by atoms with van der Waals surface area (Å²) in [5.74, 6) is -2.36. The van der Waals surface area contributed by atoms with E-state index in [0.717, 1.165) is 173 Å². The molecule has 0 aliphatic carbocycles. The molecule has 102 heavy (non-hydrogen) atoms. The summed E-state index contributed by atoms with van der Waals surface area (Å²) in [6, 6.07) is 0. The second-order valence-electron chi connectivity index (χ2n) is 25.9. The number of allylic oxidation sites excluding steroid dienone is 21. The first-order valence-electron chi connectivity index (χ1n) is 39.4. The fourth-order valence-corrected chi connectivity index (χ4v) is 11.7. The van der Waals surface area contributed by atoms with Crippen LogP contribution in [0.2, 0.25) is 0 Å². The van der Waals surface area contributed by atoms with Gasteiger partial charge in [-0.1, -0.05) is 277 Å². The normalized spacial score (nSPS) is 14.6. The van der Waals surface area contributed by atoms with Gasteiger partial charge in [0.05, 0.1) is 32.8 Å². The molecule has 584 valence electrons. The number of rotatable bonds is 73. The summed E-state index contributed by atoms with van der Waals surface area (Å²) < 4.78 is 68.4. The van der Waals surface area contributed by atoms with E-state index in [4.69, 9.17) is 37.0 Å². The molecular weight excluding hydrogens is 1330 g/mol. The number of phosphoric ester groups is 2. The number of aliphatic hydroxyl groups is 1. The first kappa shape index (κ1) is 97.2. The standard InChI is InChI=1S/C83H140O17P2/c1-5-9-13-17-21-25-29-33-37-38-42-44-48-52-56-60-64-68-81(86)94-74-79(100-83(88)70-66-62-58-54-50-46-41-36-32-28-24-20-16-12-8-4)76-98-102(91,92)96-72-77(84)71-95-101(89,90)97-75-78(99-82(87)69-65-61-57-53-49-45-40-35-31-27-23-19-15-11-7-3)73-93-80(85)67-63-59-55-51-47-43-39-34-30-26-22-18-14-10-6-2/h9-10,13-14,21-23,25-27,33-37,39-41,47,51,59,63,77-79,84H,5-8,11-12,15-20,24,28-32,38,42-46,48-50,52-58,60-62,64-76H2,1-4H3,(H,89,90)(H,91,92)/b13-9-,14-10-,25-21-,26-22-,27-23-,37-33-,39-34-,40-35-,41-36-,51-47-,63-59-. The van der Waals surface area contributed by atoms with Crippen LogP contribution in [0.3, 0.4) is 0 Å². The molecule has 0 spiro atoms. The topological polar surface area (TPSA) is 237 Å². The number of carbonyl (C=O) groups is 4. The number of ether oxygens (including phenoxy) is 4. The summed E-state index contributed by atoms with van der Waals surface area (Å²) >= 11 is 0. The van der Waals surface area contributed by atoms with E-state index in [0.29, 0.717) is 25.7 Å². The Balaban J connectivity index is 5.44. The molecule has 0 aromatic heterocycles. The van der Waals surface area contributed by atoms with Gasteiger partial charge in [-0.25, -0.2) is 9.13 Å². The van der Waals surface area contributed by atoms with Gasteiger partial charge < -0.3 is 33.8 Å². The molecule has 0 radical (unpaired) electrons. The first-order chi connectivity index (χ1) is 49.7. The summed E-state index contributed by atoms with van der Waals surface area (Å²) in [7, 11) is -9.99. The Morgan fingerprint density at radius 2 is 0.549 bits per heavy atom. The van der Waals surface area contributed by atoms with Crippen molar-refractivity contribution in [1.82, 2.24) is 0 Å². The van der Waals surface area contributed by atoms with Gasteiger partial charge in [0, 0.05) is 19.3 Å². The van der Waals surface area contributed by atoms with Gasteiger partial charge in [0.15, 0.2) is 12.2 Å². The van der Waals surface area contributed by atoms with Crippen molar-refractivity contribution in [1.29, 1.82) is 0 Å². The van der Waals surface area contributed by atoms with Crippen LogP contribution in [-0.2, 0) is 65.4 Å². The van der Waals surface area contributed by atoms with E-state index in [1.165, 1.54) is 57.8 Å². The van der Waals surface area contributed by atoms with Crippen LogP contribution >= 0.6 is 15.6 Å². The second kappa shape index (κ2) is 74.5. The van der Waals surface area contributed by atoms with E-state index in [1.54, 1.807) is 6.08 Å². The molecule has 5 atom stereocenters. The lowest BCUT2D eigenvalue weighted by atomic mass is 10.1. The first-order valence-corrected chi connectivity index (χ1v) is 42.4. The van der Waals surface area contributed by atoms with E-state index in [2.05, 4.69) is 137 Å². The Kier molecular flexibility index (Phi) is 71.0. The van der Waals surface area contributed by atoms with Crippen molar-refractivity contribution in [3.05, 3.63) is 134 Å². The van der Waals surface area contributed by atoms with Gasteiger partial charge in [0.25, 0.3) is 0 Å². The number of hydrogen-bond donors (Lipinski definition) is 3. The highest BCUT2D eigenvalue weighted by Crippen LogP contribution is 2.45. The second-order valence-corrected chi connectivity index (χ2v) is 28.8. The zero-order valence-corrected chi connectivity index (χ0v) is 65.5. The van der Waals surface area contributed by atoms with Crippen LogP contribution in [0, 0.1) is 0 Å². The smallest absolute Gasteiger partial charge is 0.462 e. The summed E-state index contributed by atoms with van der Waals surface area (Å²) in [5.41, 5.74) is 0. The van der Waals surface area contributed by atoms with Gasteiger partial charge >= 0.3 is 39.5 Å². The molecule has 0 aliphatic heterocycles. The van der Waals surface area contributed by atoms with Crippen molar-refractivity contribution in [3.8, 4) is 0 Å². The fraction of sp³-hybridized carbons (Fsp3) is 0.687. The third-order valence-corrected chi connectivity index (χ3v) is 18.0. The number of aliphatic hydroxyl groups excluding tert-OH is 1. The highest BCUT2D eigenvalue weighted by Gasteiger charge is 2.30. The molecule has 3 N–H and O–H groups in total. The van der Waals surface area contributed by atoms with E-state index in [9.17, 15) is 43.2 Å². The summed E-state index contributed by atoms with van der Waals surface area (Å²) in [5, 5.41) is 10.6. The van der Waals surface area contributed by atoms with Crippen molar-refractivity contribution in [2.45, 2.75) is 329 Å². The van der Waals surface area contributed by atoms with Gasteiger partial charge in [0.1, 0.15) is 19.3 Å². The molecule has 0 amide bonds. The Hall–Kier alpha value is -4.80. The molecule has 0 saturated heterocycles. The summed E-state index contributed by atoms with van der Waals surface area (Å²) in [6.07, 6.45) is 83.2. The van der Waals surface area contributed by atoms with Gasteiger partial charge in [0.2, 0.25) is 0 Å². The third kappa shape index (κ3) is 73.5. The fourth-order valence-electron chi connectivity index (χ4n) is 10.2. The molecule has 0 aliphatic rings. The number of hydrogen-bond acceptors (Lipinski definition) is 15. The van der Waals surface area contributed by atoms with Crippen molar-refractivity contribution < 1.29 is 80.2 Å². The van der Waals surface area contributed by atoms with Crippen LogP contribution in [0.25, 0.3) is 0 Å². The molecular formula is C83H140O17P2. The quantitative estimate of drug-likeness (QED) is 0.0169. The average Bonchev–Trinajstić information content (AvgIpc) is 0.926. The van der Waals surface area contributed by atoms with Crippen LogP contribution in [0.5, 0.6) is 0 Å². The maximum Gasteiger partial charge on any atom is 0.472 e. The Labute approximate surface area is 618 Å². The minimum Gasteiger partial charge on any atom is -0.462 e. The van der Waals surface area contributed by atoms with Gasteiger partial charge in [-0.05, 0) is 141 Å². The molecule has 19 heteroatoms. The van der Waals surface area contributed by atoms with Gasteiger partial charge in [-0.3, -0.25) is 37.3 Å². The molecule has 0 heterocycles. The number of esters is 4. The maximum atomic E-state index is 13.1. The predicted molar refractivity (Wildman–Crippen MR) is 418 cm³/mol. The summed E-state index contributed by atoms with van der Waals surface area (Å²) in [6.45, 7) is 4.48. The van der Waals surface area contributed by atoms with Crippen LogP contribution < -0.4 is 0 Å². The molecule has 0 aromatic rings. The molecule has 0 bridgehead atoms. The van der Waals surface area contributed by atoms with Crippen LogP contribution in [-0.4, -0.2) is 96.7 Å². The van der Waals surface area contributed by atoms with Crippen molar-refractivity contribution in [2.24, 2.45) is 0 Å². The zero-order valence-electron chi connectivity index (χ0n) is 63.7. The number of carbonyl (C=O) groups excluding carboxylic acids is 4. The molecule has 0 rings (SSSR count). The average molecular weight is 1470 g/mol. The lowest BCUT2D eigenvalue weighted by Gasteiger charge is -2.21. The predicted octanol–water partition coefficient (Wildman–Crippen LogP) is 22.9.